The van der Waals surface area contributed by atoms with Crippen LogP contribution in [-0.2, 0) is 4.79 Å². The number of ketones is 1. The highest BCUT2D eigenvalue weighted by molar-refractivity contribution is 6.15. The van der Waals surface area contributed by atoms with Crippen LogP contribution in [0.25, 0.3) is 0 Å². The predicted octanol–water partition coefficient (Wildman–Crippen LogP) is 0.821. The topological polar surface area (TPSA) is 41.1 Å². The van der Waals surface area contributed by atoms with E-state index in [0.717, 1.165) is 0 Å². The van der Waals surface area contributed by atoms with Crippen molar-refractivity contribution in [3.8, 4) is 0 Å². The van der Waals surface area contributed by atoms with Crippen molar-refractivity contribution in [1.29, 1.82) is 0 Å². The van der Waals surface area contributed by atoms with Crippen LogP contribution in [0.2, 0.25) is 0 Å². The Bertz CT molecular complexity index is 110. The number of carbonyl (C=O) groups is 1. The molecular weight excluding hydrogens is 175 g/mol. The van der Waals surface area contributed by atoms with Crippen molar-refractivity contribution in [2.24, 2.45) is 0 Å². The third kappa shape index (κ3) is 4.06. The van der Waals surface area contributed by atoms with E-state index in [-0.39, 0.29) is 11.8 Å². The molecule has 0 saturated heterocycles. The summed E-state index contributed by atoms with van der Waals surface area (Å²) >= 11 is 10.4. The number of halogens is 2. The Kier molecular flexibility index (Phi) is 6.02. The van der Waals surface area contributed by atoms with Crippen LogP contribution in [0.1, 0.15) is 13.3 Å². The fourth-order valence-corrected chi connectivity index (χ4v) is 0.905. The second kappa shape index (κ2) is 5.92. The van der Waals surface area contributed by atoms with Crippen molar-refractivity contribution in [3.05, 3.63) is 0 Å². The maximum atomic E-state index is 10.7. The van der Waals surface area contributed by atoms with Gasteiger partial charge in [-0.15, -0.1) is 0 Å². The SMILES string of the molecule is CC(=O)[C@H](CCNCl)NCl. The Labute approximate surface area is 70.3 Å². The first-order chi connectivity index (χ1) is 4.72. The van der Waals surface area contributed by atoms with Crippen LogP contribution in [0.3, 0.4) is 0 Å². The second-order valence-corrected chi connectivity index (χ2v) is 2.43. The molecule has 0 aliphatic rings. The molecule has 60 valence electrons. The van der Waals surface area contributed by atoms with Gasteiger partial charge < -0.3 is 0 Å². The third-order valence-electron chi connectivity index (χ3n) is 1.15. The van der Waals surface area contributed by atoms with E-state index in [9.17, 15) is 4.79 Å². The lowest BCUT2D eigenvalue weighted by Crippen LogP contribution is -2.31. The van der Waals surface area contributed by atoms with E-state index in [1.807, 2.05) is 0 Å². The van der Waals surface area contributed by atoms with Crippen molar-refractivity contribution in [2.75, 3.05) is 6.54 Å². The van der Waals surface area contributed by atoms with Gasteiger partial charge in [-0.1, -0.05) is 0 Å². The summed E-state index contributed by atoms with van der Waals surface area (Å²) in [4.78, 5) is 15.4. The Morgan fingerprint density at radius 2 is 2.20 bits per heavy atom. The largest absolute Gasteiger partial charge is 0.298 e. The van der Waals surface area contributed by atoms with Gasteiger partial charge in [-0.2, -0.15) is 0 Å². The molecule has 0 aromatic rings. The van der Waals surface area contributed by atoms with Gasteiger partial charge in [0.1, 0.15) is 5.78 Å². The number of carbonyl (C=O) groups excluding carboxylic acids is 1. The van der Waals surface area contributed by atoms with Crippen LogP contribution in [0.15, 0.2) is 0 Å². The lowest BCUT2D eigenvalue weighted by atomic mass is 10.1. The molecule has 0 unspecified atom stereocenters. The highest BCUT2D eigenvalue weighted by Crippen LogP contribution is 1.93. The summed E-state index contributed by atoms with van der Waals surface area (Å²) in [6.07, 6.45) is 0.600. The third-order valence-corrected chi connectivity index (χ3v) is 1.60. The monoisotopic (exact) mass is 184 g/mol. The first-order valence-electron chi connectivity index (χ1n) is 2.92. The number of rotatable bonds is 5. The van der Waals surface area contributed by atoms with Gasteiger partial charge in [-0.25, -0.2) is 9.67 Å². The minimum absolute atomic E-state index is 0.0157. The van der Waals surface area contributed by atoms with Gasteiger partial charge in [-0.05, 0) is 36.9 Å². The van der Waals surface area contributed by atoms with Crippen molar-refractivity contribution in [2.45, 2.75) is 19.4 Å². The molecule has 10 heavy (non-hydrogen) atoms. The zero-order valence-electron chi connectivity index (χ0n) is 5.66. The summed E-state index contributed by atoms with van der Waals surface area (Å²) in [5, 5.41) is 0. The molecule has 2 N–H and O–H groups in total. The molecule has 1 atom stereocenters. The van der Waals surface area contributed by atoms with E-state index in [4.69, 9.17) is 23.6 Å². The minimum Gasteiger partial charge on any atom is -0.298 e. The number of hydrogen-bond acceptors (Lipinski definition) is 3. The molecule has 3 nitrogen and oxygen atoms in total. The van der Waals surface area contributed by atoms with Crippen molar-refractivity contribution in [1.82, 2.24) is 9.67 Å². The molecule has 0 aliphatic heterocycles. The normalized spacial score (nSPS) is 13.1. The van der Waals surface area contributed by atoms with E-state index >= 15 is 0 Å². The smallest absolute Gasteiger partial charge is 0.147 e. The highest BCUT2D eigenvalue weighted by atomic mass is 35.5. The van der Waals surface area contributed by atoms with Crippen LogP contribution in [0, 0.1) is 0 Å². The summed E-state index contributed by atoms with van der Waals surface area (Å²) < 4.78 is 0. The molecule has 0 aromatic carbocycles. The van der Waals surface area contributed by atoms with Gasteiger partial charge >= 0.3 is 0 Å². The van der Waals surface area contributed by atoms with E-state index in [0.29, 0.717) is 13.0 Å². The Morgan fingerprint density at radius 3 is 2.50 bits per heavy atom. The lowest BCUT2D eigenvalue weighted by Gasteiger charge is -2.08. The van der Waals surface area contributed by atoms with E-state index < -0.39 is 0 Å². The first-order valence-corrected chi connectivity index (χ1v) is 3.68. The van der Waals surface area contributed by atoms with Crippen LogP contribution in [0.5, 0.6) is 0 Å². The van der Waals surface area contributed by atoms with Crippen molar-refractivity contribution >= 4 is 29.3 Å². The van der Waals surface area contributed by atoms with Gasteiger partial charge in [0.2, 0.25) is 0 Å². The molecule has 0 bridgehead atoms. The Morgan fingerprint density at radius 1 is 1.60 bits per heavy atom. The first kappa shape index (κ1) is 10.2. The summed E-state index contributed by atoms with van der Waals surface area (Å²) in [5.41, 5.74) is 0. The van der Waals surface area contributed by atoms with Crippen molar-refractivity contribution in [3.63, 3.8) is 0 Å². The fourth-order valence-electron chi connectivity index (χ4n) is 0.534. The van der Waals surface area contributed by atoms with E-state index in [2.05, 4.69) is 9.67 Å². The van der Waals surface area contributed by atoms with Gasteiger partial charge in [0.05, 0.1) is 6.04 Å². The zero-order chi connectivity index (χ0) is 7.98. The van der Waals surface area contributed by atoms with Crippen LogP contribution < -0.4 is 9.67 Å². The van der Waals surface area contributed by atoms with E-state index in [1.54, 1.807) is 0 Å². The molecule has 0 rings (SSSR count). The Balaban J connectivity index is 3.50. The number of nitrogens with one attached hydrogen (secondary N) is 2. The molecule has 0 heterocycles. The summed E-state index contributed by atoms with van der Waals surface area (Å²) in [6.45, 7) is 2.04. The molecule has 0 amide bonds. The average molecular weight is 185 g/mol. The molecular formula is C5H10Cl2N2O. The van der Waals surface area contributed by atoms with Gasteiger partial charge in [0.25, 0.3) is 0 Å². The van der Waals surface area contributed by atoms with Gasteiger partial charge in [0, 0.05) is 6.54 Å². The van der Waals surface area contributed by atoms with Gasteiger partial charge in [-0.3, -0.25) is 4.79 Å². The summed E-state index contributed by atoms with van der Waals surface area (Å²) in [6, 6.07) is -0.298. The quantitative estimate of drug-likeness (QED) is 0.623. The molecule has 0 aromatic heterocycles. The fraction of sp³-hybridized carbons (Fsp3) is 0.800. The summed E-state index contributed by atoms with van der Waals surface area (Å²) in [7, 11) is 0. The summed E-state index contributed by atoms with van der Waals surface area (Å²) in [5.74, 6) is 0.0157. The standard InChI is InChI=1S/C5H10Cl2N2O/c1-4(10)5(9-7)2-3-8-6/h5,8-9H,2-3H2,1H3/t5-/m0/s1. The average Bonchev–Trinajstić information content (AvgIpc) is 1.89. The van der Waals surface area contributed by atoms with E-state index in [1.165, 1.54) is 6.92 Å². The van der Waals surface area contributed by atoms with Crippen LogP contribution in [0.4, 0.5) is 0 Å². The molecule has 0 spiro atoms. The van der Waals surface area contributed by atoms with Crippen LogP contribution in [-0.4, -0.2) is 18.4 Å². The lowest BCUT2D eigenvalue weighted by molar-refractivity contribution is -0.118. The zero-order valence-corrected chi connectivity index (χ0v) is 7.17. The molecule has 0 saturated carbocycles. The number of hydrogen-bond donors (Lipinski definition) is 2. The second-order valence-electron chi connectivity index (χ2n) is 1.94. The highest BCUT2D eigenvalue weighted by Gasteiger charge is 2.10. The van der Waals surface area contributed by atoms with Crippen LogP contribution >= 0.6 is 23.6 Å². The van der Waals surface area contributed by atoms with Crippen molar-refractivity contribution < 1.29 is 4.79 Å². The molecule has 0 fully saturated rings. The molecule has 5 heteroatoms. The predicted molar refractivity (Wildman–Crippen MR) is 41.9 cm³/mol. The maximum Gasteiger partial charge on any atom is 0.147 e. The minimum atomic E-state index is -0.298. The Hall–Kier alpha value is 0.170. The molecule has 0 radical (unpaired) electrons. The number of Topliss-reactive ketones (excluding diaryl/α,β-unsaturated/α-hetero) is 1. The molecule has 0 aliphatic carbocycles. The van der Waals surface area contributed by atoms with Gasteiger partial charge in [0.15, 0.2) is 0 Å². The maximum absolute atomic E-state index is 10.7.